The van der Waals surface area contributed by atoms with Gasteiger partial charge in [-0.2, -0.15) is 0 Å². The molecule has 0 fully saturated rings. The van der Waals surface area contributed by atoms with Gasteiger partial charge >= 0.3 is 0 Å². The molecule has 0 saturated heterocycles. The van der Waals surface area contributed by atoms with Gasteiger partial charge in [-0.15, -0.1) is 0 Å². The summed E-state index contributed by atoms with van der Waals surface area (Å²) in [5.41, 5.74) is -0.00333. The Kier molecular flexibility index (Phi) is 3.18. The molecule has 0 N–H and O–H groups in total. The van der Waals surface area contributed by atoms with E-state index in [1.54, 1.807) is 0 Å². The van der Waals surface area contributed by atoms with E-state index in [0.717, 1.165) is 0 Å². The van der Waals surface area contributed by atoms with Gasteiger partial charge in [-0.1, -0.05) is 32.4 Å². The highest BCUT2D eigenvalue weighted by Gasteiger charge is 2.33. The molecule has 0 aliphatic heterocycles. The normalized spacial score (nSPS) is 13.8. The molecule has 0 rings (SSSR count). The van der Waals surface area contributed by atoms with Crippen molar-refractivity contribution in [3.8, 4) is 0 Å². The summed E-state index contributed by atoms with van der Waals surface area (Å²) in [5.74, 6) is 0. The quantitative estimate of drug-likeness (QED) is 0.571. The van der Waals surface area contributed by atoms with Crippen molar-refractivity contribution in [1.29, 1.82) is 0 Å². The maximum absolute atomic E-state index is 5.47. The third-order valence-electron chi connectivity index (χ3n) is 2.22. The van der Waals surface area contributed by atoms with E-state index in [4.69, 9.17) is 16.3 Å². The van der Waals surface area contributed by atoms with Crippen molar-refractivity contribution < 1.29 is 4.74 Å². The summed E-state index contributed by atoms with van der Waals surface area (Å²) in [5, 5.41) is 0. The van der Waals surface area contributed by atoms with E-state index in [-0.39, 0.29) is 17.1 Å². The SMILES string of the molecule is CC(C)(C)C(C)(C)OCCl. The number of hydrogen-bond acceptors (Lipinski definition) is 1. The van der Waals surface area contributed by atoms with E-state index < -0.39 is 0 Å². The van der Waals surface area contributed by atoms with E-state index in [2.05, 4.69) is 34.6 Å². The van der Waals surface area contributed by atoms with E-state index in [0.29, 0.717) is 0 Å². The summed E-state index contributed by atoms with van der Waals surface area (Å²) in [6, 6.07) is 0.268. The largest absolute Gasteiger partial charge is 0.359 e. The van der Waals surface area contributed by atoms with Crippen LogP contribution in [0.2, 0.25) is 0 Å². The smallest absolute Gasteiger partial charge is 0.121 e. The van der Waals surface area contributed by atoms with Gasteiger partial charge in [-0.25, -0.2) is 0 Å². The van der Waals surface area contributed by atoms with Crippen LogP contribution in [-0.2, 0) is 4.74 Å². The number of ether oxygens (including phenoxy) is 1. The summed E-state index contributed by atoms with van der Waals surface area (Å²) < 4.78 is 5.36. The summed E-state index contributed by atoms with van der Waals surface area (Å²) in [6.45, 7) is 10.5. The van der Waals surface area contributed by atoms with Gasteiger partial charge < -0.3 is 4.74 Å². The van der Waals surface area contributed by atoms with Crippen LogP contribution in [0.25, 0.3) is 0 Å². The number of halogens is 1. The van der Waals surface area contributed by atoms with Crippen LogP contribution in [0.3, 0.4) is 0 Å². The Morgan fingerprint density at radius 3 is 1.60 bits per heavy atom. The number of alkyl halides is 1. The van der Waals surface area contributed by atoms with Gasteiger partial charge in [0, 0.05) is 0 Å². The van der Waals surface area contributed by atoms with Gasteiger partial charge in [0.15, 0.2) is 0 Å². The van der Waals surface area contributed by atoms with Crippen molar-refractivity contribution in [3.63, 3.8) is 0 Å². The van der Waals surface area contributed by atoms with Gasteiger partial charge in [-0.3, -0.25) is 0 Å². The molecule has 0 heterocycles. The van der Waals surface area contributed by atoms with Crippen LogP contribution in [0.1, 0.15) is 34.6 Å². The molecule has 0 spiro atoms. The summed E-state index contributed by atoms with van der Waals surface area (Å²) >= 11 is 5.47. The lowest BCUT2D eigenvalue weighted by atomic mass is 9.79. The summed E-state index contributed by atoms with van der Waals surface area (Å²) in [6.07, 6.45) is 0. The molecule has 0 aromatic rings. The lowest BCUT2D eigenvalue weighted by Gasteiger charge is -2.37. The molecule has 0 unspecified atom stereocenters. The minimum atomic E-state index is -0.144. The monoisotopic (exact) mass is 164 g/mol. The first-order valence-corrected chi connectivity index (χ1v) is 4.04. The van der Waals surface area contributed by atoms with Crippen LogP contribution in [-0.4, -0.2) is 11.7 Å². The maximum Gasteiger partial charge on any atom is 0.121 e. The van der Waals surface area contributed by atoms with Crippen LogP contribution in [0.15, 0.2) is 0 Å². The Morgan fingerprint density at radius 2 is 1.50 bits per heavy atom. The molecular weight excluding hydrogens is 148 g/mol. The Hall–Kier alpha value is 0.250. The fraction of sp³-hybridized carbons (Fsp3) is 1.00. The first-order chi connectivity index (χ1) is 4.31. The second-order valence-corrected chi connectivity index (χ2v) is 4.23. The second-order valence-electron chi connectivity index (χ2n) is 4.01. The topological polar surface area (TPSA) is 9.23 Å². The number of rotatable bonds is 2. The first kappa shape index (κ1) is 10.2. The van der Waals surface area contributed by atoms with E-state index in [9.17, 15) is 0 Å². The first-order valence-electron chi connectivity index (χ1n) is 3.51. The van der Waals surface area contributed by atoms with Crippen molar-refractivity contribution >= 4 is 11.6 Å². The van der Waals surface area contributed by atoms with Gasteiger partial charge in [-0.05, 0) is 19.3 Å². The van der Waals surface area contributed by atoms with E-state index in [1.807, 2.05) is 0 Å². The standard InChI is InChI=1S/C8H17ClO/c1-7(2,3)8(4,5)10-6-9/h6H2,1-5H3. The molecule has 0 aliphatic carbocycles. The summed E-state index contributed by atoms with van der Waals surface area (Å²) in [7, 11) is 0. The molecule has 0 atom stereocenters. The molecule has 62 valence electrons. The van der Waals surface area contributed by atoms with Crippen molar-refractivity contribution in [2.45, 2.75) is 40.2 Å². The molecular formula is C8H17ClO. The Morgan fingerprint density at radius 1 is 1.10 bits per heavy atom. The zero-order chi connectivity index (χ0) is 8.41. The predicted molar refractivity (Wildman–Crippen MR) is 45.3 cm³/mol. The zero-order valence-electron chi connectivity index (χ0n) is 7.49. The predicted octanol–water partition coefficient (Wildman–Crippen LogP) is 3.02. The molecule has 0 radical (unpaired) electrons. The fourth-order valence-electron chi connectivity index (χ4n) is 0.353. The molecule has 0 saturated carbocycles. The highest BCUT2D eigenvalue weighted by atomic mass is 35.5. The fourth-order valence-corrected chi connectivity index (χ4v) is 0.626. The second kappa shape index (κ2) is 3.10. The van der Waals surface area contributed by atoms with Gasteiger partial charge in [0.05, 0.1) is 5.60 Å². The summed E-state index contributed by atoms with van der Waals surface area (Å²) in [4.78, 5) is 0. The average Bonchev–Trinajstić information content (AvgIpc) is 1.61. The van der Waals surface area contributed by atoms with E-state index in [1.165, 1.54) is 0 Å². The molecule has 0 aromatic heterocycles. The molecule has 10 heavy (non-hydrogen) atoms. The van der Waals surface area contributed by atoms with Crippen molar-refractivity contribution in [2.24, 2.45) is 5.41 Å². The maximum atomic E-state index is 5.47. The van der Waals surface area contributed by atoms with Crippen LogP contribution < -0.4 is 0 Å². The van der Waals surface area contributed by atoms with Crippen LogP contribution in [0.4, 0.5) is 0 Å². The number of hydrogen-bond donors (Lipinski definition) is 0. The van der Waals surface area contributed by atoms with Crippen LogP contribution in [0.5, 0.6) is 0 Å². The Balaban J connectivity index is 4.10. The third-order valence-corrected chi connectivity index (χ3v) is 2.33. The molecule has 0 aliphatic rings. The average molecular weight is 165 g/mol. The zero-order valence-corrected chi connectivity index (χ0v) is 8.25. The highest BCUT2D eigenvalue weighted by molar-refractivity contribution is 6.17. The molecule has 2 heteroatoms. The van der Waals surface area contributed by atoms with Crippen molar-refractivity contribution in [1.82, 2.24) is 0 Å². The van der Waals surface area contributed by atoms with Crippen LogP contribution in [0, 0.1) is 5.41 Å². The Labute approximate surface area is 68.7 Å². The van der Waals surface area contributed by atoms with Crippen molar-refractivity contribution in [3.05, 3.63) is 0 Å². The molecule has 1 nitrogen and oxygen atoms in total. The highest BCUT2D eigenvalue weighted by Crippen LogP contribution is 2.32. The lowest BCUT2D eigenvalue weighted by Crippen LogP contribution is -2.39. The van der Waals surface area contributed by atoms with Crippen molar-refractivity contribution in [2.75, 3.05) is 6.07 Å². The van der Waals surface area contributed by atoms with Crippen LogP contribution >= 0.6 is 11.6 Å². The lowest BCUT2D eigenvalue weighted by molar-refractivity contribution is -0.0712. The minimum absolute atomic E-state index is 0.141. The van der Waals surface area contributed by atoms with Gasteiger partial charge in [0.25, 0.3) is 0 Å². The Bertz CT molecular complexity index is 102. The molecule has 0 amide bonds. The molecule has 0 bridgehead atoms. The third kappa shape index (κ3) is 2.47. The molecule has 0 aromatic carbocycles. The van der Waals surface area contributed by atoms with Gasteiger partial charge in [0.2, 0.25) is 0 Å². The minimum Gasteiger partial charge on any atom is -0.359 e. The van der Waals surface area contributed by atoms with Gasteiger partial charge in [0.1, 0.15) is 6.07 Å². The van der Waals surface area contributed by atoms with E-state index >= 15 is 0 Å².